The van der Waals surface area contributed by atoms with Gasteiger partial charge in [0.15, 0.2) is 6.10 Å². The number of ether oxygens (including phenoxy) is 2. The maximum absolute atomic E-state index is 12.3. The molecule has 0 aliphatic rings. The van der Waals surface area contributed by atoms with Crippen LogP contribution < -0.4 is 4.74 Å². The minimum Gasteiger partial charge on any atom is -0.497 e. The molecule has 0 unspecified atom stereocenters. The highest BCUT2D eigenvalue weighted by Gasteiger charge is 2.22. The molecule has 0 N–H and O–H groups in total. The molecule has 0 aliphatic heterocycles. The highest BCUT2D eigenvalue weighted by molar-refractivity contribution is 6.35. The van der Waals surface area contributed by atoms with Gasteiger partial charge in [0.05, 0.1) is 17.7 Å². The quantitative estimate of drug-likeness (QED) is 0.589. The fourth-order valence-electron chi connectivity index (χ4n) is 1.92. The molecule has 2 aromatic carbocycles. The van der Waals surface area contributed by atoms with Gasteiger partial charge in [-0.1, -0.05) is 23.2 Å². The number of ketones is 1. The van der Waals surface area contributed by atoms with Gasteiger partial charge in [0.1, 0.15) is 5.75 Å². The lowest BCUT2D eigenvalue weighted by Gasteiger charge is -2.13. The van der Waals surface area contributed by atoms with Gasteiger partial charge in [-0.15, -0.1) is 0 Å². The molecule has 0 saturated carbocycles. The Balaban J connectivity index is 2.10. The largest absolute Gasteiger partial charge is 0.497 e. The monoisotopic (exact) mass is 352 g/mol. The van der Waals surface area contributed by atoms with Gasteiger partial charge in [0.2, 0.25) is 5.78 Å². The first-order chi connectivity index (χ1) is 10.9. The Morgan fingerprint density at radius 2 is 1.70 bits per heavy atom. The molecule has 0 aromatic heterocycles. The second-order valence-electron chi connectivity index (χ2n) is 4.76. The van der Waals surface area contributed by atoms with E-state index in [1.54, 1.807) is 30.3 Å². The van der Waals surface area contributed by atoms with Crippen molar-refractivity contribution in [2.24, 2.45) is 0 Å². The Bertz CT molecular complexity index is 726. The van der Waals surface area contributed by atoms with Crippen LogP contribution in [0.25, 0.3) is 0 Å². The van der Waals surface area contributed by atoms with Crippen LogP contribution in [0.15, 0.2) is 42.5 Å². The number of hydrogen-bond donors (Lipinski definition) is 0. The molecule has 4 nitrogen and oxygen atoms in total. The summed E-state index contributed by atoms with van der Waals surface area (Å²) >= 11 is 11.8. The zero-order chi connectivity index (χ0) is 17.0. The highest BCUT2D eigenvalue weighted by atomic mass is 35.5. The maximum atomic E-state index is 12.3. The molecule has 0 amide bonds. The van der Waals surface area contributed by atoms with Crippen LogP contribution in [0, 0.1) is 0 Å². The van der Waals surface area contributed by atoms with Gasteiger partial charge in [0, 0.05) is 10.6 Å². The molecular weight excluding hydrogens is 339 g/mol. The van der Waals surface area contributed by atoms with Crippen molar-refractivity contribution in [3.8, 4) is 5.75 Å². The first-order valence-electron chi connectivity index (χ1n) is 6.76. The molecule has 6 heteroatoms. The van der Waals surface area contributed by atoms with E-state index in [0.717, 1.165) is 0 Å². The van der Waals surface area contributed by atoms with E-state index in [0.29, 0.717) is 16.3 Å². The number of methoxy groups -OCH3 is 1. The lowest BCUT2D eigenvalue weighted by atomic mass is 10.1. The zero-order valence-electron chi connectivity index (χ0n) is 12.5. The Hall–Kier alpha value is -2.04. The van der Waals surface area contributed by atoms with Gasteiger partial charge in [-0.3, -0.25) is 4.79 Å². The Morgan fingerprint density at radius 1 is 1.04 bits per heavy atom. The summed E-state index contributed by atoms with van der Waals surface area (Å²) in [5.74, 6) is -0.386. The van der Waals surface area contributed by atoms with E-state index >= 15 is 0 Å². The summed E-state index contributed by atoms with van der Waals surface area (Å²) in [6, 6.07) is 11.0. The van der Waals surface area contributed by atoms with E-state index in [9.17, 15) is 9.59 Å². The summed E-state index contributed by atoms with van der Waals surface area (Å²) in [6.45, 7) is 1.50. The van der Waals surface area contributed by atoms with E-state index in [1.165, 1.54) is 26.2 Å². The summed E-state index contributed by atoms with van der Waals surface area (Å²) in [5, 5.41) is 0.569. The second-order valence-corrected chi connectivity index (χ2v) is 5.61. The van der Waals surface area contributed by atoms with E-state index in [-0.39, 0.29) is 16.4 Å². The molecule has 0 bridgehead atoms. The topological polar surface area (TPSA) is 52.6 Å². The van der Waals surface area contributed by atoms with Gasteiger partial charge in [0.25, 0.3) is 0 Å². The van der Waals surface area contributed by atoms with Gasteiger partial charge in [-0.2, -0.15) is 0 Å². The Kier molecular flexibility index (Phi) is 5.64. The van der Waals surface area contributed by atoms with Gasteiger partial charge in [-0.05, 0) is 49.4 Å². The molecule has 0 saturated heterocycles. The van der Waals surface area contributed by atoms with E-state index in [4.69, 9.17) is 32.7 Å². The molecule has 1 atom stereocenters. The molecule has 0 fully saturated rings. The molecule has 23 heavy (non-hydrogen) atoms. The molecule has 0 radical (unpaired) electrons. The van der Waals surface area contributed by atoms with Gasteiger partial charge >= 0.3 is 5.97 Å². The SMILES string of the molecule is COc1ccc(C(=O)[C@@H](C)OC(=O)c2cc(Cl)ccc2Cl)cc1. The van der Waals surface area contributed by atoms with Crippen molar-refractivity contribution in [3.05, 3.63) is 63.6 Å². The lowest BCUT2D eigenvalue weighted by molar-refractivity contribution is 0.0319. The number of carbonyl (C=O) groups is 2. The molecule has 2 aromatic rings. The number of rotatable bonds is 5. The van der Waals surface area contributed by atoms with Crippen LogP contribution in [0.3, 0.4) is 0 Å². The summed E-state index contributed by atoms with van der Waals surface area (Å²) in [7, 11) is 1.54. The van der Waals surface area contributed by atoms with Gasteiger partial charge in [-0.25, -0.2) is 4.79 Å². The molecular formula is C17H14Cl2O4. The van der Waals surface area contributed by atoms with Crippen LogP contribution in [-0.2, 0) is 4.74 Å². The van der Waals surface area contributed by atoms with Crippen LogP contribution >= 0.6 is 23.2 Å². The summed E-state index contributed by atoms with van der Waals surface area (Å²) in [5.41, 5.74) is 0.539. The third-order valence-electron chi connectivity index (χ3n) is 3.18. The molecule has 120 valence electrons. The minimum atomic E-state index is -0.953. The van der Waals surface area contributed by atoms with Crippen molar-refractivity contribution in [1.29, 1.82) is 0 Å². The van der Waals surface area contributed by atoms with E-state index in [1.807, 2.05) is 0 Å². The summed E-state index contributed by atoms with van der Waals surface area (Å²) < 4.78 is 10.2. The van der Waals surface area contributed by atoms with Crippen molar-refractivity contribution >= 4 is 35.0 Å². The smallest absolute Gasteiger partial charge is 0.340 e. The summed E-state index contributed by atoms with van der Waals surface area (Å²) in [6.07, 6.45) is -0.953. The van der Waals surface area contributed by atoms with Crippen LogP contribution in [0.5, 0.6) is 5.75 Å². The fourth-order valence-corrected chi connectivity index (χ4v) is 2.29. The van der Waals surface area contributed by atoms with Crippen molar-refractivity contribution in [2.45, 2.75) is 13.0 Å². The molecule has 0 spiro atoms. The number of carbonyl (C=O) groups excluding carboxylic acids is 2. The standard InChI is InChI=1S/C17H14Cl2O4/c1-10(16(20)11-3-6-13(22-2)7-4-11)23-17(21)14-9-12(18)5-8-15(14)19/h3-10H,1-2H3/t10-/m1/s1. The van der Waals surface area contributed by atoms with Crippen LogP contribution in [0.4, 0.5) is 0 Å². The average molecular weight is 353 g/mol. The first kappa shape index (κ1) is 17.3. The van der Waals surface area contributed by atoms with E-state index < -0.39 is 12.1 Å². The van der Waals surface area contributed by atoms with E-state index in [2.05, 4.69) is 0 Å². The highest BCUT2D eigenvalue weighted by Crippen LogP contribution is 2.22. The van der Waals surface area contributed by atoms with Crippen molar-refractivity contribution in [3.63, 3.8) is 0 Å². The predicted octanol–water partition coefficient (Wildman–Crippen LogP) is 4.43. The Labute approximate surface area is 143 Å². The molecule has 0 heterocycles. The van der Waals surface area contributed by atoms with Gasteiger partial charge < -0.3 is 9.47 Å². The average Bonchev–Trinajstić information content (AvgIpc) is 2.56. The number of hydrogen-bond acceptors (Lipinski definition) is 4. The number of esters is 1. The Morgan fingerprint density at radius 3 is 2.30 bits per heavy atom. The molecule has 2 rings (SSSR count). The second kappa shape index (κ2) is 7.49. The number of halogens is 2. The zero-order valence-corrected chi connectivity index (χ0v) is 14.0. The lowest BCUT2D eigenvalue weighted by Crippen LogP contribution is -2.24. The number of benzene rings is 2. The van der Waals surface area contributed by atoms with Crippen molar-refractivity contribution < 1.29 is 19.1 Å². The van der Waals surface area contributed by atoms with Crippen LogP contribution in [-0.4, -0.2) is 25.0 Å². The predicted molar refractivity (Wildman–Crippen MR) is 88.7 cm³/mol. The minimum absolute atomic E-state index is 0.119. The first-order valence-corrected chi connectivity index (χ1v) is 7.52. The maximum Gasteiger partial charge on any atom is 0.340 e. The third-order valence-corrected chi connectivity index (χ3v) is 3.74. The van der Waals surface area contributed by atoms with Crippen LogP contribution in [0.1, 0.15) is 27.6 Å². The van der Waals surface area contributed by atoms with Crippen molar-refractivity contribution in [1.82, 2.24) is 0 Å². The third kappa shape index (κ3) is 4.24. The summed E-state index contributed by atoms with van der Waals surface area (Å²) in [4.78, 5) is 24.4. The van der Waals surface area contributed by atoms with Crippen LogP contribution in [0.2, 0.25) is 10.0 Å². The van der Waals surface area contributed by atoms with Crippen molar-refractivity contribution in [2.75, 3.05) is 7.11 Å². The number of Topliss-reactive ketones (excluding diaryl/α,β-unsaturated/α-hetero) is 1. The molecule has 0 aliphatic carbocycles. The fraction of sp³-hybridized carbons (Fsp3) is 0.176. The normalized spacial score (nSPS) is 11.7.